The predicted octanol–water partition coefficient (Wildman–Crippen LogP) is 2.46. The fourth-order valence-corrected chi connectivity index (χ4v) is 2.63. The summed E-state index contributed by atoms with van der Waals surface area (Å²) in [6, 6.07) is 13.2. The van der Waals surface area contributed by atoms with Gasteiger partial charge < -0.3 is 19.5 Å². The third-order valence-electron chi connectivity index (χ3n) is 4.17. The first-order chi connectivity index (χ1) is 13.0. The Hall–Kier alpha value is -3.02. The van der Waals surface area contributed by atoms with Gasteiger partial charge in [-0.15, -0.1) is 0 Å². The minimum absolute atomic E-state index is 0.0175. The van der Waals surface area contributed by atoms with E-state index >= 15 is 0 Å². The van der Waals surface area contributed by atoms with E-state index in [1.54, 1.807) is 25.3 Å². The van der Waals surface area contributed by atoms with Gasteiger partial charge in [-0.05, 0) is 30.5 Å². The molecule has 2 aromatic carbocycles. The number of nitrogens with one attached hydrogen (secondary N) is 1. The Morgan fingerprint density at radius 3 is 2.48 bits per heavy atom. The van der Waals surface area contributed by atoms with Crippen molar-refractivity contribution in [2.45, 2.75) is 19.8 Å². The monoisotopic (exact) mass is 371 g/mol. The van der Waals surface area contributed by atoms with Gasteiger partial charge in [0.05, 0.1) is 20.6 Å². The van der Waals surface area contributed by atoms with Crippen LogP contribution in [0.5, 0.6) is 11.5 Å². The fourth-order valence-electron chi connectivity index (χ4n) is 2.63. The van der Waals surface area contributed by atoms with E-state index in [1.165, 1.54) is 18.2 Å². The SMILES string of the molecule is COc1ccc(CC(=O)OCC(=O)NCCc2ccccc2C)c(OC)c1. The lowest BCUT2D eigenvalue weighted by Gasteiger charge is -2.11. The highest BCUT2D eigenvalue weighted by Gasteiger charge is 2.13. The zero-order valence-corrected chi connectivity index (χ0v) is 15.9. The van der Waals surface area contributed by atoms with Crippen molar-refractivity contribution in [2.75, 3.05) is 27.4 Å². The van der Waals surface area contributed by atoms with Gasteiger partial charge in [0.15, 0.2) is 6.61 Å². The number of amides is 1. The minimum Gasteiger partial charge on any atom is -0.497 e. The molecule has 2 aromatic rings. The second-order valence-electron chi connectivity index (χ2n) is 6.04. The van der Waals surface area contributed by atoms with E-state index in [0.717, 1.165) is 6.42 Å². The summed E-state index contributed by atoms with van der Waals surface area (Å²) in [6.45, 7) is 2.23. The van der Waals surface area contributed by atoms with Crippen LogP contribution < -0.4 is 14.8 Å². The third kappa shape index (κ3) is 6.33. The van der Waals surface area contributed by atoms with E-state index in [2.05, 4.69) is 5.32 Å². The topological polar surface area (TPSA) is 73.9 Å². The quantitative estimate of drug-likeness (QED) is 0.686. The van der Waals surface area contributed by atoms with Crippen LogP contribution in [0, 0.1) is 6.92 Å². The molecule has 0 unspecified atom stereocenters. The van der Waals surface area contributed by atoms with E-state index in [0.29, 0.717) is 23.6 Å². The molecule has 0 spiro atoms. The van der Waals surface area contributed by atoms with Crippen LogP contribution in [0.3, 0.4) is 0 Å². The summed E-state index contributed by atoms with van der Waals surface area (Å²) in [6.07, 6.45) is 0.749. The first-order valence-electron chi connectivity index (χ1n) is 8.71. The molecule has 0 bridgehead atoms. The number of carbonyl (C=O) groups is 2. The number of hydrogen-bond acceptors (Lipinski definition) is 5. The lowest BCUT2D eigenvalue weighted by Crippen LogP contribution is -2.30. The van der Waals surface area contributed by atoms with Gasteiger partial charge in [-0.2, -0.15) is 0 Å². The van der Waals surface area contributed by atoms with Crippen molar-refractivity contribution in [3.05, 3.63) is 59.2 Å². The molecule has 6 nitrogen and oxygen atoms in total. The number of methoxy groups -OCH3 is 2. The first-order valence-corrected chi connectivity index (χ1v) is 8.71. The van der Waals surface area contributed by atoms with E-state index in [9.17, 15) is 9.59 Å². The zero-order valence-electron chi connectivity index (χ0n) is 15.9. The maximum atomic E-state index is 12.0. The zero-order chi connectivity index (χ0) is 19.6. The highest BCUT2D eigenvalue weighted by molar-refractivity contribution is 5.81. The third-order valence-corrected chi connectivity index (χ3v) is 4.17. The molecule has 0 heterocycles. The van der Waals surface area contributed by atoms with Gasteiger partial charge in [-0.1, -0.05) is 30.3 Å². The van der Waals surface area contributed by atoms with Crippen molar-refractivity contribution in [2.24, 2.45) is 0 Å². The summed E-state index contributed by atoms with van der Waals surface area (Å²) in [5, 5.41) is 2.76. The average molecular weight is 371 g/mol. The van der Waals surface area contributed by atoms with Crippen molar-refractivity contribution in [1.82, 2.24) is 5.32 Å². The number of benzene rings is 2. The molecule has 0 saturated heterocycles. The van der Waals surface area contributed by atoms with Crippen LogP contribution in [0.1, 0.15) is 16.7 Å². The number of aryl methyl sites for hydroxylation is 1. The molecular formula is C21H25NO5. The second kappa shape index (κ2) is 10.2. The van der Waals surface area contributed by atoms with Crippen LogP contribution in [0.25, 0.3) is 0 Å². The molecule has 2 rings (SSSR count). The number of ether oxygens (including phenoxy) is 3. The van der Waals surface area contributed by atoms with Gasteiger partial charge in [-0.3, -0.25) is 9.59 Å². The fraction of sp³-hybridized carbons (Fsp3) is 0.333. The van der Waals surface area contributed by atoms with Crippen molar-refractivity contribution in [1.29, 1.82) is 0 Å². The molecule has 0 fully saturated rings. The summed E-state index contributed by atoms with van der Waals surface area (Å²) in [7, 11) is 3.08. The molecule has 1 N–H and O–H groups in total. The lowest BCUT2D eigenvalue weighted by atomic mass is 10.1. The van der Waals surface area contributed by atoms with Gasteiger partial charge in [0.1, 0.15) is 11.5 Å². The van der Waals surface area contributed by atoms with Crippen molar-refractivity contribution in [3.63, 3.8) is 0 Å². The van der Waals surface area contributed by atoms with E-state index in [-0.39, 0.29) is 18.9 Å². The molecule has 0 aliphatic heterocycles. The molecule has 0 aliphatic carbocycles. The molecular weight excluding hydrogens is 346 g/mol. The molecule has 0 aliphatic rings. The van der Waals surface area contributed by atoms with Gasteiger partial charge in [0.2, 0.25) is 0 Å². The molecule has 0 radical (unpaired) electrons. The summed E-state index contributed by atoms with van der Waals surface area (Å²) in [5.74, 6) is 0.358. The van der Waals surface area contributed by atoms with E-state index in [1.807, 2.05) is 31.2 Å². The van der Waals surface area contributed by atoms with Crippen LogP contribution in [0.2, 0.25) is 0 Å². The average Bonchev–Trinajstić information content (AvgIpc) is 2.68. The summed E-state index contributed by atoms with van der Waals surface area (Å²) in [5.41, 5.74) is 3.04. The smallest absolute Gasteiger partial charge is 0.310 e. The maximum Gasteiger partial charge on any atom is 0.310 e. The van der Waals surface area contributed by atoms with Crippen molar-refractivity contribution in [3.8, 4) is 11.5 Å². The standard InChI is InChI=1S/C21H25NO5/c1-15-6-4-5-7-16(15)10-11-22-20(23)14-27-21(24)12-17-8-9-18(25-2)13-19(17)26-3/h4-9,13H,10-12,14H2,1-3H3,(H,22,23). The molecule has 0 saturated carbocycles. The molecule has 27 heavy (non-hydrogen) atoms. The van der Waals surface area contributed by atoms with E-state index < -0.39 is 5.97 Å². The Balaban J connectivity index is 1.75. The minimum atomic E-state index is -0.493. The number of carbonyl (C=O) groups excluding carboxylic acids is 2. The van der Waals surface area contributed by atoms with Crippen LogP contribution in [0.15, 0.2) is 42.5 Å². The summed E-state index contributed by atoms with van der Waals surface area (Å²) >= 11 is 0. The van der Waals surface area contributed by atoms with Gasteiger partial charge in [-0.25, -0.2) is 0 Å². The number of rotatable bonds is 9. The highest BCUT2D eigenvalue weighted by Crippen LogP contribution is 2.25. The highest BCUT2D eigenvalue weighted by atomic mass is 16.5. The molecule has 1 amide bonds. The Kier molecular flexibility index (Phi) is 7.67. The Morgan fingerprint density at radius 2 is 1.78 bits per heavy atom. The molecule has 6 heteroatoms. The van der Waals surface area contributed by atoms with Crippen LogP contribution in [-0.4, -0.2) is 39.2 Å². The maximum absolute atomic E-state index is 12.0. The normalized spacial score (nSPS) is 10.2. The van der Waals surface area contributed by atoms with Gasteiger partial charge in [0, 0.05) is 18.2 Å². The largest absolute Gasteiger partial charge is 0.497 e. The summed E-state index contributed by atoms with van der Waals surface area (Å²) < 4.78 is 15.4. The molecule has 0 aromatic heterocycles. The predicted molar refractivity (Wildman–Crippen MR) is 102 cm³/mol. The van der Waals surface area contributed by atoms with Crippen molar-refractivity contribution >= 4 is 11.9 Å². The molecule has 144 valence electrons. The Bertz CT molecular complexity index is 788. The van der Waals surface area contributed by atoms with E-state index in [4.69, 9.17) is 14.2 Å². The van der Waals surface area contributed by atoms with Gasteiger partial charge in [0.25, 0.3) is 5.91 Å². The van der Waals surface area contributed by atoms with Gasteiger partial charge >= 0.3 is 5.97 Å². The Morgan fingerprint density at radius 1 is 1.00 bits per heavy atom. The second-order valence-corrected chi connectivity index (χ2v) is 6.04. The van der Waals surface area contributed by atoms with Crippen LogP contribution in [0.4, 0.5) is 0 Å². The van der Waals surface area contributed by atoms with Crippen LogP contribution in [-0.2, 0) is 27.2 Å². The number of hydrogen-bond donors (Lipinski definition) is 1. The first kappa shape index (κ1) is 20.3. The number of esters is 1. The Labute approximate surface area is 159 Å². The lowest BCUT2D eigenvalue weighted by molar-refractivity contribution is -0.147. The summed E-state index contributed by atoms with van der Waals surface area (Å²) in [4.78, 5) is 23.8. The van der Waals surface area contributed by atoms with Crippen molar-refractivity contribution < 1.29 is 23.8 Å². The molecule has 0 atom stereocenters. The van der Waals surface area contributed by atoms with Crippen LogP contribution >= 0.6 is 0 Å².